The van der Waals surface area contributed by atoms with Crippen molar-refractivity contribution in [3.63, 3.8) is 0 Å². The molecule has 0 amide bonds. The van der Waals surface area contributed by atoms with Crippen molar-refractivity contribution in [1.29, 1.82) is 0 Å². The van der Waals surface area contributed by atoms with E-state index >= 15 is 0 Å². The van der Waals surface area contributed by atoms with Gasteiger partial charge in [-0.25, -0.2) is 15.8 Å². The third kappa shape index (κ3) is 4.03. The quantitative estimate of drug-likeness (QED) is 0.547. The molecule has 1 aliphatic heterocycles. The van der Waals surface area contributed by atoms with E-state index in [-0.39, 0.29) is 5.92 Å². The summed E-state index contributed by atoms with van der Waals surface area (Å²) in [6, 6.07) is 1.79. The molecule has 2 heterocycles. The summed E-state index contributed by atoms with van der Waals surface area (Å²) in [6.07, 6.45) is 1.28. The molecular weight excluding hydrogens is 270 g/mol. The average molecular weight is 295 g/mol. The van der Waals surface area contributed by atoms with Gasteiger partial charge < -0.3 is 20.2 Å². The second kappa shape index (κ2) is 6.55. The van der Waals surface area contributed by atoms with Crippen molar-refractivity contribution < 1.29 is 9.84 Å². The van der Waals surface area contributed by atoms with Gasteiger partial charge in [0.2, 0.25) is 0 Å². The smallest absolute Gasteiger partial charge is 0.145 e. The van der Waals surface area contributed by atoms with Crippen LogP contribution in [-0.4, -0.2) is 47.5 Å². The average Bonchev–Trinajstić information content (AvgIpc) is 2.46. The van der Waals surface area contributed by atoms with Crippen LogP contribution in [0.4, 0.5) is 11.6 Å². The van der Waals surface area contributed by atoms with E-state index in [0.717, 1.165) is 11.6 Å². The minimum atomic E-state index is -0.730. The molecule has 1 aromatic heterocycles. The first kappa shape index (κ1) is 15.9. The lowest BCUT2D eigenvalue weighted by molar-refractivity contribution is -0.0573. The maximum Gasteiger partial charge on any atom is 0.145 e. The third-order valence-corrected chi connectivity index (χ3v) is 3.74. The Morgan fingerprint density at radius 3 is 2.67 bits per heavy atom. The van der Waals surface area contributed by atoms with Crippen molar-refractivity contribution in [2.45, 2.75) is 38.2 Å². The van der Waals surface area contributed by atoms with E-state index < -0.39 is 5.60 Å². The Labute approximate surface area is 125 Å². The van der Waals surface area contributed by atoms with Gasteiger partial charge in [-0.1, -0.05) is 13.8 Å². The fraction of sp³-hybridized carbons (Fsp3) is 0.714. The fourth-order valence-electron chi connectivity index (χ4n) is 2.41. The van der Waals surface area contributed by atoms with E-state index in [1.54, 1.807) is 6.07 Å². The van der Waals surface area contributed by atoms with Crippen LogP contribution in [0, 0.1) is 0 Å². The number of nitrogens with two attached hydrogens (primary N) is 1. The monoisotopic (exact) mass is 295 g/mol. The Morgan fingerprint density at radius 1 is 1.43 bits per heavy atom. The molecule has 7 heteroatoms. The molecule has 0 aromatic carbocycles. The molecule has 2 rings (SSSR count). The zero-order valence-electron chi connectivity index (χ0n) is 13.0. The Hall–Kier alpha value is -1.44. The van der Waals surface area contributed by atoms with Crippen molar-refractivity contribution in [3.05, 3.63) is 11.9 Å². The van der Waals surface area contributed by atoms with Gasteiger partial charge in [0, 0.05) is 51.6 Å². The lowest BCUT2D eigenvalue weighted by Gasteiger charge is -2.36. The molecular formula is C14H25N5O2. The zero-order valence-corrected chi connectivity index (χ0v) is 13.0. The molecule has 0 atom stereocenters. The molecule has 7 nitrogen and oxygen atoms in total. The standard InChI is InChI=1S/C14H25N5O2/c1-10(2)13-16-11(18-15)8-12(17-13)19(3)9-14(20)4-6-21-7-5-14/h8,10,20H,4-7,9,15H2,1-3H3,(H,16,17,18). The van der Waals surface area contributed by atoms with Crippen LogP contribution in [0.5, 0.6) is 0 Å². The predicted molar refractivity (Wildman–Crippen MR) is 82.2 cm³/mol. The van der Waals surface area contributed by atoms with Crippen LogP contribution in [0.1, 0.15) is 38.4 Å². The lowest BCUT2D eigenvalue weighted by Crippen LogP contribution is -2.46. The van der Waals surface area contributed by atoms with E-state index in [0.29, 0.717) is 38.4 Å². The maximum atomic E-state index is 10.6. The van der Waals surface area contributed by atoms with Crippen LogP contribution in [0.25, 0.3) is 0 Å². The third-order valence-electron chi connectivity index (χ3n) is 3.74. The number of nitrogens with one attached hydrogen (secondary N) is 1. The molecule has 4 N–H and O–H groups in total. The number of anilines is 2. The molecule has 118 valence electrons. The van der Waals surface area contributed by atoms with Gasteiger partial charge in [0.05, 0.1) is 5.60 Å². The summed E-state index contributed by atoms with van der Waals surface area (Å²) in [6.45, 7) is 5.77. The Kier molecular flexibility index (Phi) is 4.97. The summed E-state index contributed by atoms with van der Waals surface area (Å²) in [5.41, 5.74) is 1.84. The highest BCUT2D eigenvalue weighted by Crippen LogP contribution is 2.25. The Balaban J connectivity index is 2.17. The lowest BCUT2D eigenvalue weighted by atomic mass is 9.94. The number of likely N-dealkylation sites (N-methyl/N-ethyl adjacent to an activating group) is 1. The fourth-order valence-corrected chi connectivity index (χ4v) is 2.41. The second-order valence-corrected chi connectivity index (χ2v) is 5.96. The first-order valence-electron chi connectivity index (χ1n) is 7.30. The second-order valence-electron chi connectivity index (χ2n) is 5.96. The molecule has 1 aromatic rings. The van der Waals surface area contributed by atoms with Gasteiger partial charge in [0.1, 0.15) is 17.5 Å². The van der Waals surface area contributed by atoms with Crippen molar-refractivity contribution in [1.82, 2.24) is 9.97 Å². The van der Waals surface area contributed by atoms with E-state index in [1.165, 1.54) is 0 Å². The first-order valence-corrected chi connectivity index (χ1v) is 7.30. The summed E-state index contributed by atoms with van der Waals surface area (Å²) in [4.78, 5) is 10.8. The van der Waals surface area contributed by atoms with Gasteiger partial charge in [-0.15, -0.1) is 0 Å². The molecule has 1 saturated heterocycles. The number of hydrogen-bond acceptors (Lipinski definition) is 7. The molecule has 0 radical (unpaired) electrons. The molecule has 0 saturated carbocycles. The SMILES string of the molecule is CC(C)c1nc(NN)cc(N(C)CC2(O)CCOCC2)n1. The van der Waals surface area contributed by atoms with Gasteiger partial charge in [0.25, 0.3) is 0 Å². The highest BCUT2D eigenvalue weighted by molar-refractivity contribution is 5.49. The van der Waals surface area contributed by atoms with Crippen LogP contribution in [0.2, 0.25) is 0 Å². The minimum absolute atomic E-state index is 0.205. The summed E-state index contributed by atoms with van der Waals surface area (Å²) in [7, 11) is 1.92. The molecule has 1 fully saturated rings. The van der Waals surface area contributed by atoms with Crippen LogP contribution < -0.4 is 16.2 Å². The van der Waals surface area contributed by atoms with Crippen LogP contribution >= 0.6 is 0 Å². The highest BCUT2D eigenvalue weighted by Gasteiger charge is 2.31. The van der Waals surface area contributed by atoms with Crippen LogP contribution in [0.15, 0.2) is 6.07 Å². The Morgan fingerprint density at radius 2 is 2.10 bits per heavy atom. The minimum Gasteiger partial charge on any atom is -0.388 e. The molecule has 0 aliphatic carbocycles. The van der Waals surface area contributed by atoms with Crippen molar-refractivity contribution >= 4 is 11.6 Å². The number of hydrogen-bond donors (Lipinski definition) is 3. The summed E-state index contributed by atoms with van der Waals surface area (Å²) in [5, 5.41) is 10.6. The van der Waals surface area contributed by atoms with Gasteiger partial charge in [0.15, 0.2) is 0 Å². The summed E-state index contributed by atoms with van der Waals surface area (Å²) < 4.78 is 5.31. The van der Waals surface area contributed by atoms with Crippen LogP contribution in [0.3, 0.4) is 0 Å². The van der Waals surface area contributed by atoms with Gasteiger partial charge in [-0.05, 0) is 0 Å². The number of hydrazine groups is 1. The molecule has 0 bridgehead atoms. The summed E-state index contributed by atoms with van der Waals surface area (Å²) >= 11 is 0. The number of nitrogens with zero attached hydrogens (tertiary/aromatic N) is 3. The van der Waals surface area contributed by atoms with Gasteiger partial charge in [-0.3, -0.25) is 0 Å². The van der Waals surface area contributed by atoms with Gasteiger partial charge >= 0.3 is 0 Å². The molecule has 0 unspecified atom stereocenters. The molecule has 1 aliphatic rings. The number of ether oxygens (including phenoxy) is 1. The van der Waals surface area contributed by atoms with Crippen LogP contribution in [-0.2, 0) is 4.74 Å². The molecule has 21 heavy (non-hydrogen) atoms. The number of nitrogen functional groups attached to an aromatic ring is 1. The predicted octanol–water partition coefficient (Wildman–Crippen LogP) is 0.863. The van der Waals surface area contributed by atoms with E-state index in [4.69, 9.17) is 10.6 Å². The highest BCUT2D eigenvalue weighted by atomic mass is 16.5. The maximum absolute atomic E-state index is 10.6. The largest absolute Gasteiger partial charge is 0.388 e. The van der Waals surface area contributed by atoms with Crippen molar-refractivity contribution in [3.8, 4) is 0 Å². The normalized spacial score (nSPS) is 17.8. The molecule has 0 spiro atoms. The van der Waals surface area contributed by atoms with Crippen molar-refractivity contribution in [2.75, 3.05) is 37.1 Å². The first-order chi connectivity index (χ1) is 9.93. The van der Waals surface area contributed by atoms with E-state index in [1.807, 2.05) is 25.8 Å². The Bertz CT molecular complexity index is 474. The van der Waals surface area contributed by atoms with E-state index in [9.17, 15) is 5.11 Å². The number of aromatic nitrogens is 2. The summed E-state index contributed by atoms with van der Waals surface area (Å²) in [5.74, 6) is 7.74. The van der Waals surface area contributed by atoms with Crippen molar-refractivity contribution in [2.24, 2.45) is 5.84 Å². The zero-order chi connectivity index (χ0) is 15.5. The van der Waals surface area contributed by atoms with Gasteiger partial charge in [-0.2, -0.15) is 0 Å². The number of rotatable bonds is 5. The topological polar surface area (TPSA) is 96.5 Å². The number of aliphatic hydroxyl groups is 1. The van der Waals surface area contributed by atoms with E-state index in [2.05, 4.69) is 15.4 Å².